The van der Waals surface area contributed by atoms with E-state index in [4.69, 9.17) is 0 Å². The molecule has 0 saturated carbocycles. The highest BCUT2D eigenvalue weighted by Crippen LogP contribution is 2.12. The Morgan fingerprint density at radius 2 is 1.74 bits per heavy atom. The highest BCUT2D eigenvalue weighted by molar-refractivity contribution is 5.90. The van der Waals surface area contributed by atoms with Gasteiger partial charge in [-0.05, 0) is 43.5 Å². The van der Waals surface area contributed by atoms with Crippen molar-refractivity contribution < 1.29 is 4.79 Å². The van der Waals surface area contributed by atoms with E-state index in [9.17, 15) is 4.79 Å². The molecule has 0 bridgehead atoms. The molecule has 144 valence electrons. The molecule has 5 heteroatoms. The first-order valence-corrected chi connectivity index (χ1v) is 9.61. The lowest BCUT2D eigenvalue weighted by molar-refractivity contribution is -0.116. The maximum atomic E-state index is 11.7. The molecule has 2 aromatic carbocycles. The van der Waals surface area contributed by atoms with E-state index in [1.54, 1.807) is 0 Å². The lowest BCUT2D eigenvalue weighted by Crippen LogP contribution is -2.38. The molecule has 0 aliphatic heterocycles. The first kappa shape index (κ1) is 20.5. The Bertz CT molecular complexity index is 726. The van der Waals surface area contributed by atoms with E-state index in [0.717, 1.165) is 30.2 Å². The highest BCUT2D eigenvalue weighted by atomic mass is 16.1. The van der Waals surface area contributed by atoms with Gasteiger partial charge in [-0.3, -0.25) is 4.79 Å². The number of hydrogen-bond acceptors (Lipinski definition) is 2. The van der Waals surface area contributed by atoms with Crippen molar-refractivity contribution in [1.29, 1.82) is 0 Å². The molecule has 3 N–H and O–H groups in total. The van der Waals surface area contributed by atoms with Crippen molar-refractivity contribution in [2.45, 2.75) is 46.2 Å². The minimum absolute atomic E-state index is 0.0526. The van der Waals surface area contributed by atoms with Gasteiger partial charge in [0, 0.05) is 18.7 Å². The van der Waals surface area contributed by atoms with Gasteiger partial charge in [-0.1, -0.05) is 49.4 Å². The lowest BCUT2D eigenvalue weighted by atomic mass is 10.1. The zero-order chi connectivity index (χ0) is 19.5. The number of amides is 1. The first-order chi connectivity index (χ1) is 13.1. The van der Waals surface area contributed by atoms with Crippen LogP contribution in [0.2, 0.25) is 0 Å². The molecule has 0 aliphatic carbocycles. The van der Waals surface area contributed by atoms with Crippen LogP contribution in [0.3, 0.4) is 0 Å². The number of benzene rings is 2. The van der Waals surface area contributed by atoms with Crippen LogP contribution in [0, 0.1) is 0 Å². The lowest BCUT2D eigenvalue weighted by Gasteiger charge is -2.18. The number of rotatable bonds is 8. The number of nitrogens with zero attached hydrogens (tertiary/aromatic N) is 1. The molecule has 1 atom stereocenters. The molecule has 0 saturated heterocycles. The van der Waals surface area contributed by atoms with Crippen LogP contribution in [-0.2, 0) is 11.3 Å². The Hall–Kier alpha value is -2.82. The Labute approximate surface area is 162 Å². The fraction of sp³-hybridized carbons (Fsp3) is 0.364. The summed E-state index contributed by atoms with van der Waals surface area (Å²) in [5.74, 6) is 0.839. The fourth-order valence-electron chi connectivity index (χ4n) is 2.66. The van der Waals surface area contributed by atoms with Crippen molar-refractivity contribution in [1.82, 2.24) is 10.6 Å². The monoisotopic (exact) mass is 366 g/mol. The van der Waals surface area contributed by atoms with E-state index in [0.29, 0.717) is 13.0 Å². The predicted molar refractivity (Wildman–Crippen MR) is 113 cm³/mol. The summed E-state index contributed by atoms with van der Waals surface area (Å²) in [5, 5.41) is 9.62. The van der Waals surface area contributed by atoms with Crippen molar-refractivity contribution in [2.75, 3.05) is 11.9 Å². The molecule has 1 unspecified atom stereocenters. The van der Waals surface area contributed by atoms with E-state index in [1.807, 2.05) is 49.4 Å². The maximum Gasteiger partial charge on any atom is 0.224 e. The predicted octanol–water partition coefficient (Wildman–Crippen LogP) is 4.24. The van der Waals surface area contributed by atoms with E-state index in [2.05, 4.69) is 46.9 Å². The molecule has 2 rings (SSSR count). The molecule has 0 radical (unpaired) electrons. The molecule has 0 aliphatic rings. The number of carbonyl (C=O) groups is 1. The maximum absolute atomic E-state index is 11.7. The standard InChI is InChI=1S/C22H30N4O/c1-4-9-21(27)26-20-14-12-18(13-15-20)16-24-22(23-5-2)25-17(3)19-10-7-6-8-11-19/h6-8,10-15,17H,4-5,9,16H2,1-3H3,(H,26,27)(H2,23,24,25). The Kier molecular flexibility index (Phi) is 8.36. The Morgan fingerprint density at radius 3 is 2.37 bits per heavy atom. The van der Waals surface area contributed by atoms with Crippen LogP contribution in [0.15, 0.2) is 59.6 Å². The third kappa shape index (κ3) is 7.13. The normalized spacial score (nSPS) is 12.3. The van der Waals surface area contributed by atoms with E-state index in [-0.39, 0.29) is 11.9 Å². The Balaban J connectivity index is 1.96. The topological polar surface area (TPSA) is 65.5 Å². The zero-order valence-electron chi connectivity index (χ0n) is 16.5. The van der Waals surface area contributed by atoms with E-state index >= 15 is 0 Å². The number of carbonyl (C=O) groups excluding carboxylic acids is 1. The van der Waals surface area contributed by atoms with Crippen molar-refractivity contribution in [3.63, 3.8) is 0 Å². The van der Waals surface area contributed by atoms with Gasteiger partial charge in [-0.25, -0.2) is 4.99 Å². The first-order valence-electron chi connectivity index (χ1n) is 9.61. The fourth-order valence-corrected chi connectivity index (χ4v) is 2.66. The summed E-state index contributed by atoms with van der Waals surface area (Å²) < 4.78 is 0. The number of hydrogen-bond donors (Lipinski definition) is 3. The van der Waals surface area contributed by atoms with Crippen LogP contribution >= 0.6 is 0 Å². The van der Waals surface area contributed by atoms with Gasteiger partial charge in [0.05, 0.1) is 12.6 Å². The summed E-state index contributed by atoms with van der Waals surface area (Å²) in [4.78, 5) is 16.3. The van der Waals surface area contributed by atoms with Crippen LogP contribution in [0.25, 0.3) is 0 Å². The third-order valence-electron chi connectivity index (χ3n) is 4.13. The Morgan fingerprint density at radius 1 is 1.04 bits per heavy atom. The highest BCUT2D eigenvalue weighted by Gasteiger charge is 2.07. The summed E-state index contributed by atoms with van der Waals surface area (Å²) in [6.45, 7) is 7.54. The summed E-state index contributed by atoms with van der Waals surface area (Å²) >= 11 is 0. The summed E-state index contributed by atoms with van der Waals surface area (Å²) in [6.07, 6.45) is 1.39. The van der Waals surface area contributed by atoms with E-state index < -0.39 is 0 Å². The van der Waals surface area contributed by atoms with Gasteiger partial charge in [-0.15, -0.1) is 0 Å². The van der Waals surface area contributed by atoms with Crippen LogP contribution in [0.4, 0.5) is 5.69 Å². The van der Waals surface area contributed by atoms with Crippen molar-refractivity contribution in [2.24, 2.45) is 4.99 Å². The molecule has 2 aromatic rings. The molecule has 0 aromatic heterocycles. The smallest absolute Gasteiger partial charge is 0.224 e. The molecular formula is C22H30N4O. The van der Waals surface area contributed by atoms with Crippen molar-refractivity contribution in [3.05, 3.63) is 65.7 Å². The van der Waals surface area contributed by atoms with Gasteiger partial charge >= 0.3 is 0 Å². The molecule has 0 fully saturated rings. The van der Waals surface area contributed by atoms with Gasteiger partial charge in [0.1, 0.15) is 0 Å². The van der Waals surface area contributed by atoms with Crippen LogP contribution < -0.4 is 16.0 Å². The SMILES string of the molecule is CCCC(=O)Nc1ccc(CN=C(NCC)NC(C)c2ccccc2)cc1. The van der Waals surface area contributed by atoms with Gasteiger partial charge in [0.15, 0.2) is 5.96 Å². The minimum atomic E-state index is 0.0526. The molecule has 1 amide bonds. The average molecular weight is 367 g/mol. The number of nitrogens with one attached hydrogen (secondary N) is 3. The average Bonchev–Trinajstić information content (AvgIpc) is 2.68. The van der Waals surface area contributed by atoms with Gasteiger partial charge in [0.2, 0.25) is 5.91 Å². The van der Waals surface area contributed by atoms with Gasteiger partial charge in [-0.2, -0.15) is 0 Å². The molecule has 0 heterocycles. The second kappa shape index (κ2) is 11.0. The van der Waals surface area contributed by atoms with Gasteiger partial charge < -0.3 is 16.0 Å². The molecule has 5 nitrogen and oxygen atoms in total. The number of anilines is 1. The summed E-state index contributed by atoms with van der Waals surface area (Å²) in [7, 11) is 0. The largest absolute Gasteiger partial charge is 0.357 e. The number of aliphatic imine (C=N–C) groups is 1. The third-order valence-corrected chi connectivity index (χ3v) is 4.13. The van der Waals surface area contributed by atoms with Crippen LogP contribution in [-0.4, -0.2) is 18.4 Å². The summed E-state index contributed by atoms with van der Waals surface area (Å²) in [6, 6.07) is 18.3. The molecular weight excluding hydrogens is 336 g/mol. The second-order valence-corrected chi connectivity index (χ2v) is 6.47. The molecule has 27 heavy (non-hydrogen) atoms. The van der Waals surface area contributed by atoms with Crippen molar-refractivity contribution >= 4 is 17.6 Å². The minimum Gasteiger partial charge on any atom is -0.357 e. The molecule has 0 spiro atoms. The van der Waals surface area contributed by atoms with E-state index in [1.165, 1.54) is 5.56 Å². The van der Waals surface area contributed by atoms with Gasteiger partial charge in [0.25, 0.3) is 0 Å². The summed E-state index contributed by atoms with van der Waals surface area (Å²) in [5.41, 5.74) is 3.13. The van der Waals surface area contributed by atoms with Crippen LogP contribution in [0.5, 0.6) is 0 Å². The number of guanidine groups is 1. The van der Waals surface area contributed by atoms with Crippen LogP contribution in [0.1, 0.15) is 50.8 Å². The zero-order valence-corrected chi connectivity index (χ0v) is 16.5. The van der Waals surface area contributed by atoms with Crippen molar-refractivity contribution in [3.8, 4) is 0 Å². The quantitative estimate of drug-likeness (QED) is 0.483. The second-order valence-electron chi connectivity index (χ2n) is 6.47.